The van der Waals surface area contributed by atoms with Gasteiger partial charge in [0, 0.05) is 32.2 Å². The monoisotopic (exact) mass is 405 g/mol. The lowest BCUT2D eigenvalue weighted by Crippen LogP contribution is -2.43. The molecule has 2 fully saturated rings. The van der Waals surface area contributed by atoms with Gasteiger partial charge in [-0.3, -0.25) is 0 Å². The molecule has 8 nitrogen and oxygen atoms in total. The van der Waals surface area contributed by atoms with Crippen LogP contribution in [0.2, 0.25) is 0 Å². The molecule has 0 bridgehead atoms. The lowest BCUT2D eigenvalue weighted by atomic mass is 9.92. The van der Waals surface area contributed by atoms with Crippen molar-refractivity contribution in [1.29, 1.82) is 0 Å². The van der Waals surface area contributed by atoms with Crippen molar-refractivity contribution in [2.45, 2.75) is 64.5 Å². The zero-order valence-corrected chi connectivity index (χ0v) is 17.8. The molecule has 29 heavy (non-hydrogen) atoms. The molecule has 2 N–H and O–H groups in total. The topological polar surface area (TPSA) is 93.8 Å². The predicted octanol–water partition coefficient (Wildman–Crippen LogP) is 2.82. The van der Waals surface area contributed by atoms with E-state index in [2.05, 4.69) is 14.9 Å². The van der Waals surface area contributed by atoms with Crippen LogP contribution in [-0.4, -0.2) is 65.9 Å². The molecule has 2 saturated heterocycles. The summed E-state index contributed by atoms with van der Waals surface area (Å²) in [6.45, 7) is 7.76. The van der Waals surface area contributed by atoms with Crippen LogP contribution >= 0.6 is 0 Å². The number of rotatable bonds is 7. The first-order valence-corrected chi connectivity index (χ1v) is 10.9. The smallest absolute Gasteiger partial charge is 0.410 e. The van der Waals surface area contributed by atoms with E-state index in [4.69, 9.17) is 15.2 Å². The van der Waals surface area contributed by atoms with Crippen molar-refractivity contribution >= 4 is 12.0 Å². The number of amides is 1. The minimum Gasteiger partial charge on any atom is -0.490 e. The van der Waals surface area contributed by atoms with E-state index >= 15 is 0 Å². The number of piperidine rings is 2. The molecule has 1 unspecified atom stereocenters. The number of carbonyl (C=O) groups excluding carboxylic acids is 1. The van der Waals surface area contributed by atoms with Crippen molar-refractivity contribution in [3.8, 4) is 5.75 Å². The van der Waals surface area contributed by atoms with E-state index in [-0.39, 0.29) is 18.2 Å². The Balaban J connectivity index is 1.31. The number of hydrogen-bond donors (Lipinski definition) is 1. The molecule has 0 saturated carbocycles. The highest BCUT2D eigenvalue weighted by Crippen LogP contribution is 2.23. The van der Waals surface area contributed by atoms with Crippen LogP contribution in [-0.2, 0) is 4.74 Å². The van der Waals surface area contributed by atoms with Crippen molar-refractivity contribution in [1.82, 2.24) is 14.9 Å². The third-order valence-electron chi connectivity index (χ3n) is 5.59. The van der Waals surface area contributed by atoms with Crippen LogP contribution in [0.5, 0.6) is 5.75 Å². The number of anilines is 1. The van der Waals surface area contributed by atoms with Crippen LogP contribution in [0.3, 0.4) is 0 Å². The molecule has 1 aromatic heterocycles. The molecule has 0 spiro atoms. The van der Waals surface area contributed by atoms with Gasteiger partial charge in [-0.1, -0.05) is 0 Å². The van der Waals surface area contributed by atoms with E-state index in [1.807, 2.05) is 18.7 Å². The Labute approximate surface area is 173 Å². The lowest BCUT2D eigenvalue weighted by Gasteiger charge is -2.31. The van der Waals surface area contributed by atoms with Gasteiger partial charge >= 0.3 is 6.09 Å². The van der Waals surface area contributed by atoms with Gasteiger partial charge in [-0.05, 0) is 58.3 Å². The first-order chi connectivity index (χ1) is 14.0. The van der Waals surface area contributed by atoms with E-state index in [0.29, 0.717) is 18.3 Å². The Morgan fingerprint density at radius 3 is 2.59 bits per heavy atom. The van der Waals surface area contributed by atoms with Gasteiger partial charge in [-0.15, -0.1) is 0 Å². The van der Waals surface area contributed by atoms with Crippen molar-refractivity contribution in [2.75, 3.05) is 37.7 Å². The fourth-order valence-corrected chi connectivity index (χ4v) is 3.98. The largest absolute Gasteiger partial charge is 0.490 e. The first-order valence-electron chi connectivity index (χ1n) is 10.9. The van der Waals surface area contributed by atoms with E-state index < -0.39 is 0 Å². The summed E-state index contributed by atoms with van der Waals surface area (Å²) in [4.78, 5) is 24.8. The zero-order chi connectivity index (χ0) is 20.6. The van der Waals surface area contributed by atoms with Crippen molar-refractivity contribution < 1.29 is 14.3 Å². The van der Waals surface area contributed by atoms with Crippen LogP contribution in [0.4, 0.5) is 10.7 Å². The van der Waals surface area contributed by atoms with E-state index in [1.165, 1.54) is 0 Å². The number of hydrogen-bond acceptors (Lipinski definition) is 7. The number of nitrogens with zero attached hydrogens (tertiary/aromatic N) is 4. The second-order valence-corrected chi connectivity index (χ2v) is 8.42. The Morgan fingerprint density at radius 2 is 1.93 bits per heavy atom. The van der Waals surface area contributed by atoms with Crippen LogP contribution in [0.15, 0.2) is 12.4 Å². The highest BCUT2D eigenvalue weighted by atomic mass is 16.6. The standard InChI is InChI=1S/C21H35N5O3/c1-16(2)29-21(27)25-10-7-17(8-11-25)5-4-12-28-19-13-23-20(24-14-19)26-9-3-6-18(22)15-26/h13-14,16-18H,3-12,15,22H2,1-2H3. The van der Waals surface area contributed by atoms with Crippen molar-refractivity contribution in [3.63, 3.8) is 0 Å². The Morgan fingerprint density at radius 1 is 1.21 bits per heavy atom. The molecule has 0 aromatic carbocycles. The van der Waals surface area contributed by atoms with Gasteiger partial charge in [0.05, 0.1) is 25.1 Å². The number of carbonyl (C=O) groups is 1. The SMILES string of the molecule is CC(C)OC(=O)N1CCC(CCCOc2cnc(N3CCCC(N)C3)nc2)CC1. The number of nitrogens with two attached hydrogens (primary N) is 1. The maximum absolute atomic E-state index is 11.9. The molecule has 0 radical (unpaired) electrons. The fraction of sp³-hybridized carbons (Fsp3) is 0.762. The van der Waals surface area contributed by atoms with Gasteiger partial charge in [0.15, 0.2) is 5.75 Å². The molecule has 8 heteroatoms. The quantitative estimate of drug-likeness (QED) is 0.697. The summed E-state index contributed by atoms with van der Waals surface area (Å²) >= 11 is 0. The molecule has 1 amide bonds. The average Bonchev–Trinajstić information content (AvgIpc) is 2.71. The summed E-state index contributed by atoms with van der Waals surface area (Å²) in [6.07, 6.45) is 9.57. The third kappa shape index (κ3) is 6.73. The Hall–Kier alpha value is -2.09. The molecule has 0 aliphatic carbocycles. The van der Waals surface area contributed by atoms with Gasteiger partial charge < -0.3 is 25.0 Å². The molecule has 162 valence electrons. The summed E-state index contributed by atoms with van der Waals surface area (Å²) in [7, 11) is 0. The van der Waals surface area contributed by atoms with E-state index in [0.717, 1.165) is 70.7 Å². The van der Waals surface area contributed by atoms with Gasteiger partial charge in [0.2, 0.25) is 5.95 Å². The highest BCUT2D eigenvalue weighted by Gasteiger charge is 2.24. The second kappa shape index (κ2) is 10.6. The summed E-state index contributed by atoms with van der Waals surface area (Å²) < 4.78 is 11.1. The predicted molar refractivity (Wildman–Crippen MR) is 112 cm³/mol. The lowest BCUT2D eigenvalue weighted by molar-refractivity contribution is 0.0643. The maximum atomic E-state index is 11.9. The highest BCUT2D eigenvalue weighted by molar-refractivity contribution is 5.67. The number of likely N-dealkylation sites (tertiary alicyclic amines) is 1. The van der Waals surface area contributed by atoms with Gasteiger partial charge in [-0.2, -0.15) is 0 Å². The zero-order valence-electron chi connectivity index (χ0n) is 17.8. The Kier molecular flexibility index (Phi) is 7.91. The van der Waals surface area contributed by atoms with Crippen molar-refractivity contribution in [3.05, 3.63) is 12.4 Å². The molecule has 3 rings (SSSR count). The second-order valence-electron chi connectivity index (χ2n) is 8.42. The average molecular weight is 406 g/mol. The van der Waals surface area contributed by atoms with Crippen LogP contribution in [0.1, 0.15) is 52.4 Å². The maximum Gasteiger partial charge on any atom is 0.410 e. The molecule has 2 aliphatic heterocycles. The molecular formula is C21H35N5O3. The van der Waals surface area contributed by atoms with E-state index in [9.17, 15) is 4.79 Å². The van der Waals surface area contributed by atoms with Gasteiger partial charge in [0.25, 0.3) is 0 Å². The Bertz CT molecular complexity index is 632. The van der Waals surface area contributed by atoms with Crippen molar-refractivity contribution in [2.24, 2.45) is 11.7 Å². The van der Waals surface area contributed by atoms with Gasteiger partial charge in [-0.25, -0.2) is 14.8 Å². The third-order valence-corrected chi connectivity index (χ3v) is 5.59. The molecule has 1 aromatic rings. The van der Waals surface area contributed by atoms with Gasteiger partial charge in [0.1, 0.15) is 0 Å². The fourth-order valence-electron chi connectivity index (χ4n) is 3.98. The minimum absolute atomic E-state index is 0.0622. The normalized spacial score (nSPS) is 20.8. The molecule has 3 heterocycles. The molecule has 1 atom stereocenters. The molecule has 2 aliphatic rings. The number of aromatic nitrogens is 2. The number of ether oxygens (including phenoxy) is 2. The minimum atomic E-state index is -0.184. The van der Waals surface area contributed by atoms with Crippen LogP contribution in [0.25, 0.3) is 0 Å². The van der Waals surface area contributed by atoms with Crippen LogP contribution < -0.4 is 15.4 Å². The van der Waals surface area contributed by atoms with E-state index in [1.54, 1.807) is 12.4 Å². The van der Waals surface area contributed by atoms with Crippen LogP contribution in [0, 0.1) is 5.92 Å². The molecular weight excluding hydrogens is 370 g/mol. The first kappa shape index (κ1) is 21.6. The summed E-state index contributed by atoms with van der Waals surface area (Å²) in [5, 5.41) is 0. The summed E-state index contributed by atoms with van der Waals surface area (Å²) in [6, 6.07) is 0.205. The summed E-state index contributed by atoms with van der Waals surface area (Å²) in [5.74, 6) is 2.08. The summed E-state index contributed by atoms with van der Waals surface area (Å²) in [5.41, 5.74) is 6.03.